The molecule has 27 heavy (non-hydrogen) atoms. The normalized spacial score (nSPS) is 13.0. The summed E-state index contributed by atoms with van der Waals surface area (Å²) in [5.41, 5.74) is 2.58. The first-order chi connectivity index (χ1) is 14.8. The number of hydrogen-bond donors (Lipinski definition) is 0. The zero-order valence-corrected chi connectivity index (χ0v) is 14.8. The molecule has 3 aromatic heterocycles. The molecule has 3 heterocycles. The molecule has 0 aliphatic heterocycles. The number of ketones is 1. The highest BCUT2D eigenvalue weighted by Crippen LogP contribution is 2.22. The van der Waals surface area contributed by atoms with Gasteiger partial charge in [-0.05, 0) is 36.3 Å². The zero-order valence-electron chi connectivity index (χ0n) is 18.8. The molecule has 0 saturated heterocycles. The Bertz CT molecular complexity index is 1310. The third-order valence-corrected chi connectivity index (χ3v) is 4.16. The Balaban J connectivity index is 1.70. The van der Waals surface area contributed by atoms with Crippen LogP contribution in [0.15, 0.2) is 61.2 Å². The summed E-state index contributed by atoms with van der Waals surface area (Å²) >= 11 is 0. The second kappa shape index (κ2) is 6.99. The second-order valence-corrected chi connectivity index (χ2v) is 5.99. The van der Waals surface area contributed by atoms with E-state index in [1.165, 1.54) is 7.11 Å². The maximum absolute atomic E-state index is 12.9. The quantitative estimate of drug-likeness (QED) is 0.509. The minimum Gasteiger partial charge on any atom is -0.497 e. The highest BCUT2D eigenvalue weighted by molar-refractivity contribution is 5.97. The monoisotopic (exact) mass is 362 g/mol. The Morgan fingerprint density at radius 3 is 2.67 bits per heavy atom. The van der Waals surface area contributed by atoms with E-state index in [4.69, 9.17) is 10.2 Å². The van der Waals surface area contributed by atoms with E-state index in [-0.39, 0.29) is 29.8 Å². The van der Waals surface area contributed by atoms with Gasteiger partial charge in [-0.1, -0.05) is 0 Å². The van der Waals surface area contributed by atoms with Crippen LogP contribution in [0, 0.1) is 0 Å². The molecule has 0 fully saturated rings. The number of nitrogens with zero attached hydrogens (tertiary/aromatic N) is 4. The van der Waals surface area contributed by atoms with Crippen LogP contribution in [0.4, 0.5) is 0 Å². The number of aromatic nitrogens is 4. The number of methoxy groups -OCH3 is 1. The van der Waals surface area contributed by atoms with Gasteiger partial charge in [-0.3, -0.25) is 14.8 Å². The summed E-state index contributed by atoms with van der Waals surface area (Å²) < 4.78 is 38.9. The minimum atomic E-state index is -0.553. The van der Waals surface area contributed by atoms with E-state index in [2.05, 4.69) is 15.0 Å². The van der Waals surface area contributed by atoms with Gasteiger partial charge in [-0.15, -0.1) is 0 Å². The van der Waals surface area contributed by atoms with Gasteiger partial charge in [0.05, 0.1) is 48.9 Å². The summed E-state index contributed by atoms with van der Waals surface area (Å²) in [5.74, 6) is -0.744. The molecule has 1 aromatic carbocycles. The summed E-state index contributed by atoms with van der Waals surface area (Å²) in [7, 11) is 3.15. The summed E-state index contributed by atoms with van der Waals surface area (Å²) in [6.07, 6.45) is 6.56. The number of carbonyl (C=O) groups excluding carboxylic acids is 1. The number of carbonyl (C=O) groups is 1. The number of imidazole rings is 1. The number of fused-ring (bicyclic) bond motifs is 1. The fourth-order valence-electron chi connectivity index (χ4n) is 2.74. The van der Waals surface area contributed by atoms with Crippen molar-refractivity contribution in [2.75, 3.05) is 7.11 Å². The fourth-order valence-corrected chi connectivity index (χ4v) is 2.74. The van der Waals surface area contributed by atoms with E-state index < -0.39 is 17.9 Å². The third kappa shape index (κ3) is 3.42. The van der Waals surface area contributed by atoms with Crippen LogP contribution in [0.2, 0.25) is 0 Å². The smallest absolute Gasteiger partial charge is 0.168 e. The van der Waals surface area contributed by atoms with Crippen LogP contribution >= 0.6 is 0 Å². The van der Waals surface area contributed by atoms with Gasteiger partial charge in [-0.25, -0.2) is 4.98 Å². The number of pyridine rings is 2. The SMILES string of the molecule is [2H]c1c([2H])c(C(=O)Cc2cc3cc(-c4cncn4C)cnc3cn2)c([2H])c([2H])c1OC. The lowest BCUT2D eigenvalue weighted by atomic mass is 10.0. The Hall–Kier alpha value is -3.54. The van der Waals surface area contributed by atoms with E-state index in [0.29, 0.717) is 11.2 Å². The molecular weight excluding hydrogens is 340 g/mol. The number of ether oxygens (including phenoxy) is 1. The highest BCUT2D eigenvalue weighted by Gasteiger charge is 2.10. The zero-order chi connectivity index (χ0) is 22.3. The van der Waals surface area contributed by atoms with Gasteiger partial charge < -0.3 is 9.30 Å². The summed E-state index contributed by atoms with van der Waals surface area (Å²) in [6, 6.07) is 2.04. The van der Waals surface area contributed by atoms with Crippen LogP contribution in [0.3, 0.4) is 0 Å². The first-order valence-corrected chi connectivity index (χ1v) is 8.20. The van der Waals surface area contributed by atoms with Crippen molar-refractivity contribution in [3.05, 3.63) is 72.5 Å². The number of hydrogen-bond acceptors (Lipinski definition) is 5. The van der Waals surface area contributed by atoms with Crippen LogP contribution in [-0.4, -0.2) is 32.4 Å². The van der Waals surface area contributed by atoms with E-state index in [0.717, 1.165) is 16.6 Å². The topological polar surface area (TPSA) is 69.9 Å². The molecule has 0 aliphatic carbocycles. The maximum Gasteiger partial charge on any atom is 0.168 e. The van der Waals surface area contributed by atoms with E-state index >= 15 is 0 Å². The molecule has 0 aliphatic rings. The van der Waals surface area contributed by atoms with Gasteiger partial charge in [-0.2, -0.15) is 0 Å². The van der Waals surface area contributed by atoms with Crippen molar-refractivity contribution in [3.8, 4) is 17.0 Å². The number of aryl methyl sites for hydroxylation is 1. The molecule has 0 N–H and O–H groups in total. The molecule has 0 saturated carbocycles. The third-order valence-electron chi connectivity index (χ3n) is 4.16. The average molecular weight is 362 g/mol. The largest absolute Gasteiger partial charge is 0.497 e. The summed E-state index contributed by atoms with van der Waals surface area (Å²) in [6.45, 7) is 0. The lowest BCUT2D eigenvalue weighted by molar-refractivity contribution is 0.0992. The predicted molar refractivity (Wildman–Crippen MR) is 103 cm³/mol. The standard InChI is InChI=1S/C21H18N4O2/c1-25-13-22-12-20(25)16-7-15-8-17(23-11-19(15)24-10-16)9-21(26)14-3-5-18(27-2)6-4-14/h3-8,10-13H,9H2,1-2H3/i3D,4D,5D,6D. The Kier molecular flexibility index (Phi) is 3.30. The maximum atomic E-state index is 12.9. The van der Waals surface area contributed by atoms with Gasteiger partial charge in [0.1, 0.15) is 5.75 Å². The van der Waals surface area contributed by atoms with Gasteiger partial charge in [0.2, 0.25) is 0 Å². The van der Waals surface area contributed by atoms with E-state index in [1.807, 2.05) is 17.7 Å². The molecule has 0 amide bonds. The van der Waals surface area contributed by atoms with Gasteiger partial charge in [0.25, 0.3) is 0 Å². The lowest BCUT2D eigenvalue weighted by Gasteiger charge is -2.06. The van der Waals surface area contributed by atoms with Crippen LogP contribution in [0.1, 0.15) is 21.5 Å². The van der Waals surface area contributed by atoms with Crippen LogP contribution in [0.25, 0.3) is 22.2 Å². The first-order valence-electron chi connectivity index (χ1n) is 10.2. The Morgan fingerprint density at radius 2 is 1.96 bits per heavy atom. The van der Waals surface area contributed by atoms with Gasteiger partial charge in [0.15, 0.2) is 5.78 Å². The Morgan fingerprint density at radius 1 is 1.15 bits per heavy atom. The molecule has 0 spiro atoms. The molecule has 0 radical (unpaired) electrons. The predicted octanol–water partition coefficient (Wildman–Crippen LogP) is 3.46. The van der Waals surface area contributed by atoms with Crippen molar-refractivity contribution in [2.24, 2.45) is 7.05 Å². The molecule has 6 nitrogen and oxygen atoms in total. The molecular formula is C21H18N4O2. The van der Waals surface area contributed by atoms with Crippen molar-refractivity contribution >= 4 is 16.7 Å². The average Bonchev–Trinajstić information content (AvgIpc) is 3.18. The number of Topliss-reactive ketones (excluding diaryl/α,β-unsaturated/α-hetero) is 1. The summed E-state index contributed by atoms with van der Waals surface area (Å²) in [5, 5.41) is 0.783. The highest BCUT2D eigenvalue weighted by atomic mass is 16.5. The lowest BCUT2D eigenvalue weighted by Crippen LogP contribution is -2.05. The first kappa shape index (κ1) is 12.8. The van der Waals surface area contributed by atoms with Crippen molar-refractivity contribution in [1.29, 1.82) is 0 Å². The van der Waals surface area contributed by atoms with Crippen LogP contribution in [-0.2, 0) is 13.5 Å². The van der Waals surface area contributed by atoms with Crippen LogP contribution < -0.4 is 4.74 Å². The van der Waals surface area contributed by atoms with Crippen molar-refractivity contribution in [2.45, 2.75) is 6.42 Å². The van der Waals surface area contributed by atoms with Crippen molar-refractivity contribution < 1.29 is 15.0 Å². The van der Waals surface area contributed by atoms with Crippen molar-refractivity contribution in [1.82, 2.24) is 19.5 Å². The molecule has 134 valence electrons. The van der Waals surface area contributed by atoms with Crippen molar-refractivity contribution in [3.63, 3.8) is 0 Å². The fraction of sp³-hybridized carbons (Fsp3) is 0.143. The molecule has 4 aromatic rings. The van der Waals surface area contributed by atoms with Gasteiger partial charge >= 0.3 is 0 Å². The summed E-state index contributed by atoms with van der Waals surface area (Å²) in [4.78, 5) is 25.7. The number of rotatable bonds is 5. The second-order valence-electron chi connectivity index (χ2n) is 5.99. The molecule has 0 atom stereocenters. The van der Waals surface area contributed by atoms with Crippen LogP contribution in [0.5, 0.6) is 5.75 Å². The number of benzene rings is 1. The van der Waals surface area contributed by atoms with Gasteiger partial charge in [0, 0.05) is 35.5 Å². The van der Waals surface area contributed by atoms with E-state index in [9.17, 15) is 4.79 Å². The molecule has 0 bridgehead atoms. The van der Waals surface area contributed by atoms with E-state index in [1.54, 1.807) is 31.0 Å². The minimum absolute atomic E-state index is 0.172. The molecule has 6 heteroatoms. The molecule has 0 unspecified atom stereocenters. The molecule has 4 rings (SSSR count). The Labute approximate surface area is 162 Å².